The van der Waals surface area contributed by atoms with E-state index in [1.54, 1.807) is 0 Å². The molecule has 2 nitrogen and oxygen atoms in total. The molecule has 4 unspecified atom stereocenters. The molecule has 96 valence electrons. The van der Waals surface area contributed by atoms with Crippen molar-refractivity contribution in [1.29, 1.82) is 0 Å². The third-order valence-corrected chi connectivity index (χ3v) is 4.36. The van der Waals surface area contributed by atoms with Crippen molar-refractivity contribution in [2.75, 3.05) is 7.11 Å². The zero-order chi connectivity index (χ0) is 12.2. The molecule has 0 bridgehead atoms. The van der Waals surface area contributed by atoms with Gasteiger partial charge in [-0.25, -0.2) is 0 Å². The van der Waals surface area contributed by atoms with Crippen LogP contribution in [0.15, 0.2) is 0 Å². The van der Waals surface area contributed by atoms with Gasteiger partial charge in [-0.05, 0) is 31.1 Å². The van der Waals surface area contributed by atoms with E-state index in [1.807, 2.05) is 7.11 Å². The van der Waals surface area contributed by atoms with E-state index in [-0.39, 0.29) is 11.6 Å². The van der Waals surface area contributed by atoms with Crippen LogP contribution in [0.2, 0.25) is 0 Å². The lowest BCUT2D eigenvalue weighted by Crippen LogP contribution is -2.55. The monoisotopic (exact) mass is 227 g/mol. The van der Waals surface area contributed by atoms with Crippen LogP contribution in [0.3, 0.4) is 0 Å². The highest BCUT2D eigenvalue weighted by atomic mass is 16.5. The summed E-state index contributed by atoms with van der Waals surface area (Å²) < 4.78 is 5.85. The van der Waals surface area contributed by atoms with Crippen molar-refractivity contribution in [2.45, 2.75) is 70.9 Å². The molecule has 4 atom stereocenters. The van der Waals surface area contributed by atoms with Crippen LogP contribution in [-0.4, -0.2) is 18.8 Å². The molecule has 1 fully saturated rings. The first-order valence-corrected chi connectivity index (χ1v) is 6.86. The molecular formula is C14H29NO. The second-order valence-corrected chi connectivity index (χ2v) is 5.76. The van der Waals surface area contributed by atoms with Crippen molar-refractivity contribution in [2.24, 2.45) is 17.6 Å². The second kappa shape index (κ2) is 6.02. The minimum Gasteiger partial charge on any atom is -0.377 e. The van der Waals surface area contributed by atoms with Gasteiger partial charge in [-0.1, -0.05) is 40.0 Å². The van der Waals surface area contributed by atoms with E-state index in [0.717, 1.165) is 18.8 Å². The molecule has 16 heavy (non-hydrogen) atoms. The average Bonchev–Trinajstić information content (AvgIpc) is 2.28. The molecule has 0 saturated heterocycles. The first-order chi connectivity index (χ1) is 7.55. The lowest BCUT2D eigenvalue weighted by Gasteiger charge is -2.45. The number of ether oxygens (including phenoxy) is 1. The van der Waals surface area contributed by atoms with Crippen LogP contribution in [-0.2, 0) is 4.74 Å². The van der Waals surface area contributed by atoms with Gasteiger partial charge in [-0.3, -0.25) is 0 Å². The molecule has 0 aromatic rings. The van der Waals surface area contributed by atoms with E-state index < -0.39 is 0 Å². The Bertz CT molecular complexity index is 207. The Kier molecular flexibility index (Phi) is 5.26. The maximum Gasteiger partial charge on any atom is 0.0834 e. The maximum absolute atomic E-state index is 6.46. The molecule has 0 spiro atoms. The summed E-state index contributed by atoms with van der Waals surface area (Å²) in [6.07, 6.45) is 7.30. The molecule has 0 aromatic carbocycles. The quantitative estimate of drug-likeness (QED) is 0.781. The molecule has 0 aromatic heterocycles. The summed E-state index contributed by atoms with van der Waals surface area (Å²) in [6.45, 7) is 6.82. The van der Waals surface area contributed by atoms with Gasteiger partial charge in [0.05, 0.1) is 5.60 Å². The minimum atomic E-state index is -0.0494. The van der Waals surface area contributed by atoms with Crippen molar-refractivity contribution in [3.05, 3.63) is 0 Å². The molecule has 1 aliphatic rings. The largest absolute Gasteiger partial charge is 0.377 e. The summed E-state index contributed by atoms with van der Waals surface area (Å²) in [4.78, 5) is 0. The van der Waals surface area contributed by atoms with Crippen LogP contribution in [0.5, 0.6) is 0 Å². The van der Waals surface area contributed by atoms with Crippen molar-refractivity contribution in [1.82, 2.24) is 0 Å². The normalized spacial score (nSPS) is 34.7. The Morgan fingerprint density at radius 3 is 2.69 bits per heavy atom. The van der Waals surface area contributed by atoms with Crippen molar-refractivity contribution >= 4 is 0 Å². The third-order valence-electron chi connectivity index (χ3n) is 4.36. The lowest BCUT2D eigenvalue weighted by atomic mass is 9.71. The summed E-state index contributed by atoms with van der Waals surface area (Å²) >= 11 is 0. The molecule has 0 heterocycles. The Labute approximate surface area is 101 Å². The second-order valence-electron chi connectivity index (χ2n) is 5.76. The molecular weight excluding hydrogens is 198 g/mol. The zero-order valence-electron chi connectivity index (χ0n) is 11.5. The highest BCUT2D eigenvalue weighted by Crippen LogP contribution is 2.39. The van der Waals surface area contributed by atoms with E-state index in [9.17, 15) is 0 Å². The molecule has 0 radical (unpaired) electrons. The predicted octanol–water partition coefficient (Wildman–Crippen LogP) is 3.35. The van der Waals surface area contributed by atoms with Crippen LogP contribution in [0.25, 0.3) is 0 Å². The van der Waals surface area contributed by atoms with Gasteiger partial charge in [-0.2, -0.15) is 0 Å². The molecule has 1 saturated carbocycles. The highest BCUT2D eigenvalue weighted by molar-refractivity contribution is 4.97. The number of nitrogens with two attached hydrogens (primary N) is 1. The number of methoxy groups -OCH3 is 1. The van der Waals surface area contributed by atoms with Gasteiger partial charge in [0, 0.05) is 13.2 Å². The molecule has 0 amide bonds. The summed E-state index contributed by atoms with van der Waals surface area (Å²) in [5.41, 5.74) is 6.41. The number of rotatable bonds is 5. The van der Waals surface area contributed by atoms with Crippen molar-refractivity contribution < 1.29 is 4.74 Å². The van der Waals surface area contributed by atoms with E-state index in [2.05, 4.69) is 20.8 Å². The molecule has 1 rings (SSSR count). The summed E-state index contributed by atoms with van der Waals surface area (Å²) in [5, 5.41) is 0. The van der Waals surface area contributed by atoms with Crippen LogP contribution in [0.4, 0.5) is 0 Å². The highest BCUT2D eigenvalue weighted by Gasteiger charge is 2.42. The fraction of sp³-hybridized carbons (Fsp3) is 1.00. The fourth-order valence-electron chi connectivity index (χ4n) is 3.32. The standard InChI is InChI=1S/C14H29NO/c1-5-7-12(3)13(15)14(16-4)9-6-8-11(2)10-14/h11-13H,5-10,15H2,1-4H3. The Morgan fingerprint density at radius 1 is 1.50 bits per heavy atom. The topological polar surface area (TPSA) is 35.2 Å². The van der Waals surface area contributed by atoms with E-state index in [0.29, 0.717) is 5.92 Å². The van der Waals surface area contributed by atoms with Crippen molar-refractivity contribution in [3.8, 4) is 0 Å². The Balaban J connectivity index is 2.70. The maximum atomic E-state index is 6.46. The van der Waals surface area contributed by atoms with Gasteiger partial charge in [-0.15, -0.1) is 0 Å². The number of hydrogen-bond donors (Lipinski definition) is 1. The van der Waals surface area contributed by atoms with Gasteiger partial charge in [0.2, 0.25) is 0 Å². The third kappa shape index (κ3) is 2.98. The predicted molar refractivity (Wildman–Crippen MR) is 69.4 cm³/mol. The van der Waals surface area contributed by atoms with Gasteiger partial charge in [0.25, 0.3) is 0 Å². The van der Waals surface area contributed by atoms with Crippen LogP contribution in [0, 0.1) is 11.8 Å². The van der Waals surface area contributed by atoms with Crippen LogP contribution >= 0.6 is 0 Å². The molecule has 1 aliphatic carbocycles. The fourth-order valence-corrected chi connectivity index (χ4v) is 3.32. The average molecular weight is 227 g/mol. The van der Waals surface area contributed by atoms with E-state index >= 15 is 0 Å². The van der Waals surface area contributed by atoms with Gasteiger partial charge < -0.3 is 10.5 Å². The van der Waals surface area contributed by atoms with E-state index in [1.165, 1.54) is 25.7 Å². The van der Waals surface area contributed by atoms with Gasteiger partial charge >= 0.3 is 0 Å². The van der Waals surface area contributed by atoms with Crippen LogP contribution in [0.1, 0.15) is 59.3 Å². The Morgan fingerprint density at radius 2 is 2.19 bits per heavy atom. The first-order valence-electron chi connectivity index (χ1n) is 6.86. The zero-order valence-corrected chi connectivity index (χ0v) is 11.5. The number of hydrogen-bond acceptors (Lipinski definition) is 2. The van der Waals surface area contributed by atoms with Crippen molar-refractivity contribution in [3.63, 3.8) is 0 Å². The summed E-state index contributed by atoms with van der Waals surface area (Å²) in [7, 11) is 1.84. The SMILES string of the molecule is CCCC(C)C(N)C1(OC)CCCC(C)C1. The summed E-state index contributed by atoms with van der Waals surface area (Å²) in [5.74, 6) is 1.32. The first kappa shape index (κ1) is 14.0. The molecule has 0 aliphatic heterocycles. The van der Waals surface area contributed by atoms with E-state index in [4.69, 9.17) is 10.5 Å². The smallest absolute Gasteiger partial charge is 0.0834 e. The van der Waals surface area contributed by atoms with Gasteiger partial charge in [0.1, 0.15) is 0 Å². The summed E-state index contributed by atoms with van der Waals surface area (Å²) in [6, 6.07) is 0.195. The van der Waals surface area contributed by atoms with Gasteiger partial charge in [0.15, 0.2) is 0 Å². The Hall–Kier alpha value is -0.0800. The molecule has 2 N–H and O–H groups in total. The minimum absolute atomic E-state index is 0.0494. The molecule has 2 heteroatoms. The lowest BCUT2D eigenvalue weighted by molar-refractivity contribution is -0.0820. The van der Waals surface area contributed by atoms with Crippen LogP contribution < -0.4 is 5.73 Å².